The highest BCUT2D eigenvalue weighted by Gasteiger charge is 2.28. The molecular weight excluding hydrogens is 402 g/mol. The first kappa shape index (κ1) is 21.6. The average Bonchev–Trinajstić information content (AvgIpc) is 2.89. The minimum Gasteiger partial charge on any atom is -0.388 e. The van der Waals surface area contributed by atoms with Gasteiger partial charge in [0.25, 0.3) is 0 Å². The van der Waals surface area contributed by atoms with Gasteiger partial charge < -0.3 is 10.4 Å². The molecule has 2 heteroatoms. The Bertz CT molecular complexity index is 1200. The van der Waals surface area contributed by atoms with Crippen molar-refractivity contribution in [3.63, 3.8) is 0 Å². The maximum atomic E-state index is 11.2. The van der Waals surface area contributed by atoms with Crippen molar-refractivity contribution in [1.29, 1.82) is 0 Å². The fraction of sp³-hybridized carbons (Fsp3) is 0.226. The fourth-order valence-corrected chi connectivity index (χ4v) is 5.04. The molecule has 0 spiro atoms. The molecule has 0 amide bonds. The maximum Gasteiger partial charge on any atom is 0.0833 e. The Labute approximate surface area is 196 Å². The number of aliphatic hydroxyl groups is 1. The molecule has 0 saturated heterocycles. The smallest absolute Gasteiger partial charge is 0.0833 e. The van der Waals surface area contributed by atoms with Crippen molar-refractivity contribution in [3.8, 4) is 22.3 Å². The summed E-state index contributed by atoms with van der Waals surface area (Å²) in [4.78, 5) is 0. The van der Waals surface area contributed by atoms with Crippen LogP contribution in [-0.4, -0.2) is 11.7 Å². The summed E-state index contributed by atoms with van der Waals surface area (Å²) in [5.41, 5.74) is 8.56. The number of fused-ring (bicyclic) bond motifs is 1. The molecular formula is C31H31NO. The van der Waals surface area contributed by atoms with Crippen molar-refractivity contribution in [3.05, 3.63) is 120 Å². The Balaban J connectivity index is 1.34. The van der Waals surface area contributed by atoms with E-state index in [-0.39, 0.29) is 12.0 Å². The summed E-state index contributed by atoms with van der Waals surface area (Å²) in [7, 11) is 0. The quantitative estimate of drug-likeness (QED) is 0.344. The maximum absolute atomic E-state index is 11.2. The van der Waals surface area contributed by atoms with E-state index in [4.69, 9.17) is 0 Å². The van der Waals surface area contributed by atoms with Gasteiger partial charge in [0, 0.05) is 18.5 Å². The number of aliphatic hydroxyl groups excluding tert-OH is 1. The summed E-state index contributed by atoms with van der Waals surface area (Å²) < 4.78 is 0. The predicted molar refractivity (Wildman–Crippen MR) is 137 cm³/mol. The summed E-state index contributed by atoms with van der Waals surface area (Å²) in [5, 5.41) is 14.8. The van der Waals surface area contributed by atoms with Crippen LogP contribution in [0.25, 0.3) is 22.3 Å². The summed E-state index contributed by atoms with van der Waals surface area (Å²) in [6.07, 6.45) is 1.56. The van der Waals surface area contributed by atoms with Gasteiger partial charge in [-0.15, -0.1) is 0 Å². The molecule has 4 aromatic carbocycles. The van der Waals surface area contributed by atoms with Gasteiger partial charge in [-0.05, 0) is 58.7 Å². The summed E-state index contributed by atoms with van der Waals surface area (Å²) in [6, 6.07) is 36.5. The number of rotatable bonds is 6. The topological polar surface area (TPSA) is 32.3 Å². The number of aryl methyl sites for hydroxylation is 1. The Morgan fingerprint density at radius 1 is 0.788 bits per heavy atom. The van der Waals surface area contributed by atoms with Crippen LogP contribution < -0.4 is 5.32 Å². The largest absolute Gasteiger partial charge is 0.388 e. The molecule has 0 fully saturated rings. The highest BCUT2D eigenvalue weighted by atomic mass is 16.3. The van der Waals surface area contributed by atoms with Crippen LogP contribution in [0.15, 0.2) is 103 Å². The third-order valence-electron chi connectivity index (χ3n) is 7.00. The zero-order valence-electron chi connectivity index (χ0n) is 19.1. The van der Waals surface area contributed by atoms with Gasteiger partial charge in [-0.1, -0.05) is 103 Å². The second-order valence-corrected chi connectivity index (χ2v) is 9.11. The predicted octanol–water partition coefficient (Wildman–Crippen LogP) is 6.97. The zero-order chi connectivity index (χ0) is 22.6. The highest BCUT2D eigenvalue weighted by Crippen LogP contribution is 2.38. The van der Waals surface area contributed by atoms with E-state index in [1.807, 2.05) is 6.07 Å². The van der Waals surface area contributed by atoms with Gasteiger partial charge in [0.1, 0.15) is 0 Å². The molecule has 3 atom stereocenters. The monoisotopic (exact) mass is 433 g/mol. The molecule has 0 heterocycles. The first-order valence-electron chi connectivity index (χ1n) is 11.9. The van der Waals surface area contributed by atoms with E-state index < -0.39 is 6.10 Å². The van der Waals surface area contributed by atoms with Crippen LogP contribution in [0.1, 0.15) is 42.2 Å². The molecule has 0 radical (unpaired) electrons. The third kappa shape index (κ3) is 4.64. The average molecular weight is 434 g/mol. The second-order valence-electron chi connectivity index (χ2n) is 9.11. The van der Waals surface area contributed by atoms with E-state index in [1.165, 1.54) is 33.4 Å². The van der Waals surface area contributed by atoms with Crippen molar-refractivity contribution in [1.82, 2.24) is 5.32 Å². The normalized spacial score (nSPS) is 18.5. The van der Waals surface area contributed by atoms with E-state index in [1.54, 1.807) is 0 Å². The van der Waals surface area contributed by atoms with Crippen LogP contribution in [0.4, 0.5) is 0 Å². The molecule has 0 aromatic heterocycles. The molecule has 1 aliphatic carbocycles. The summed E-state index contributed by atoms with van der Waals surface area (Å²) in [5.74, 6) is 0.228. The lowest BCUT2D eigenvalue weighted by Gasteiger charge is -2.31. The van der Waals surface area contributed by atoms with Crippen molar-refractivity contribution in [2.45, 2.75) is 31.9 Å². The van der Waals surface area contributed by atoms with Crippen molar-refractivity contribution < 1.29 is 5.11 Å². The molecule has 1 aliphatic rings. The molecule has 0 bridgehead atoms. The van der Waals surface area contributed by atoms with Gasteiger partial charge in [0.2, 0.25) is 0 Å². The van der Waals surface area contributed by atoms with Crippen LogP contribution in [0.2, 0.25) is 0 Å². The molecule has 2 nitrogen and oxygen atoms in total. The number of hydrogen-bond acceptors (Lipinski definition) is 2. The molecule has 0 aliphatic heterocycles. The van der Waals surface area contributed by atoms with Crippen LogP contribution in [0, 0.1) is 5.92 Å². The van der Waals surface area contributed by atoms with E-state index in [9.17, 15) is 5.11 Å². The first-order chi connectivity index (χ1) is 16.2. The van der Waals surface area contributed by atoms with Crippen molar-refractivity contribution >= 4 is 0 Å². The van der Waals surface area contributed by atoms with Gasteiger partial charge >= 0.3 is 0 Å². The van der Waals surface area contributed by atoms with Crippen molar-refractivity contribution in [2.75, 3.05) is 6.54 Å². The second kappa shape index (κ2) is 9.74. The van der Waals surface area contributed by atoms with Gasteiger partial charge in [-0.25, -0.2) is 0 Å². The van der Waals surface area contributed by atoms with Gasteiger partial charge in [-0.3, -0.25) is 0 Å². The Hall–Kier alpha value is -3.20. The van der Waals surface area contributed by atoms with E-state index >= 15 is 0 Å². The molecule has 4 aromatic rings. The minimum absolute atomic E-state index is 0.228. The molecule has 33 heavy (non-hydrogen) atoms. The molecule has 166 valence electrons. The number of hydrogen-bond donors (Lipinski definition) is 2. The molecule has 5 rings (SSSR count). The lowest BCUT2D eigenvalue weighted by atomic mass is 9.80. The van der Waals surface area contributed by atoms with Gasteiger partial charge in [0.15, 0.2) is 0 Å². The van der Waals surface area contributed by atoms with E-state index in [2.05, 4.69) is 109 Å². The Morgan fingerprint density at radius 2 is 1.42 bits per heavy atom. The SMILES string of the molecule is CC(NCC1CCc2cc(-c3ccccc3-c3ccccc3)ccc2C1O)c1ccccc1. The zero-order valence-corrected chi connectivity index (χ0v) is 19.1. The van der Waals surface area contributed by atoms with Crippen LogP contribution in [0.3, 0.4) is 0 Å². The summed E-state index contributed by atoms with van der Waals surface area (Å²) >= 11 is 0. The van der Waals surface area contributed by atoms with Crippen LogP contribution in [0.5, 0.6) is 0 Å². The van der Waals surface area contributed by atoms with E-state index in [0.717, 1.165) is 24.9 Å². The number of benzene rings is 4. The lowest BCUT2D eigenvalue weighted by molar-refractivity contribution is 0.0915. The minimum atomic E-state index is -0.428. The van der Waals surface area contributed by atoms with Gasteiger partial charge in [-0.2, -0.15) is 0 Å². The van der Waals surface area contributed by atoms with Crippen LogP contribution >= 0.6 is 0 Å². The fourth-order valence-electron chi connectivity index (χ4n) is 5.04. The summed E-state index contributed by atoms with van der Waals surface area (Å²) in [6.45, 7) is 3.00. The molecule has 3 unspecified atom stereocenters. The standard InChI is InChI=1S/C31H31NO/c1-22(23-10-4-2-5-11-23)32-21-27-17-16-26-20-25(18-19-30(26)31(27)33)29-15-9-8-14-28(29)24-12-6-3-7-13-24/h2-15,18-20,22,27,31-33H,16-17,21H2,1H3. The van der Waals surface area contributed by atoms with Crippen LogP contribution in [-0.2, 0) is 6.42 Å². The third-order valence-corrected chi connectivity index (χ3v) is 7.00. The Kier molecular flexibility index (Phi) is 6.39. The Morgan fingerprint density at radius 3 is 2.15 bits per heavy atom. The van der Waals surface area contributed by atoms with E-state index in [0.29, 0.717) is 0 Å². The van der Waals surface area contributed by atoms with Gasteiger partial charge in [0.05, 0.1) is 6.10 Å². The molecule has 2 N–H and O–H groups in total. The lowest BCUT2D eigenvalue weighted by Crippen LogP contribution is -2.32. The van der Waals surface area contributed by atoms with Crippen molar-refractivity contribution in [2.24, 2.45) is 5.92 Å². The molecule has 0 saturated carbocycles. The number of nitrogens with one attached hydrogen (secondary N) is 1. The first-order valence-corrected chi connectivity index (χ1v) is 11.9. The highest BCUT2D eigenvalue weighted by molar-refractivity contribution is 5.83.